The van der Waals surface area contributed by atoms with E-state index in [9.17, 15) is 0 Å². The van der Waals surface area contributed by atoms with Crippen molar-refractivity contribution in [3.8, 4) is 0 Å². The molecule has 0 heterocycles. The van der Waals surface area contributed by atoms with Gasteiger partial charge in [0, 0.05) is 0 Å². The lowest BCUT2D eigenvalue weighted by Gasteiger charge is -2.42. The van der Waals surface area contributed by atoms with Crippen molar-refractivity contribution in [2.45, 2.75) is 65.1 Å². The van der Waals surface area contributed by atoms with Crippen molar-refractivity contribution in [3.63, 3.8) is 0 Å². The summed E-state index contributed by atoms with van der Waals surface area (Å²) in [6, 6.07) is 0. The molecule has 0 fully saturated rings. The SMILES string of the molecule is C=C(C)S[Si](C(C)C)(C(C)C)C(C)C. The Morgan fingerprint density at radius 3 is 1.29 bits per heavy atom. The Kier molecular flexibility index (Phi) is 5.53. The Morgan fingerprint density at radius 1 is 0.929 bits per heavy atom. The van der Waals surface area contributed by atoms with E-state index >= 15 is 0 Å². The smallest absolute Gasteiger partial charge is 0.130 e. The van der Waals surface area contributed by atoms with Crippen LogP contribution in [-0.4, -0.2) is 7.22 Å². The first kappa shape index (κ1) is 14.3. The second-order valence-corrected chi connectivity index (χ2v) is 13.9. The normalized spacial score (nSPS) is 13.0. The van der Waals surface area contributed by atoms with Gasteiger partial charge < -0.3 is 0 Å². The topological polar surface area (TPSA) is 0 Å². The Balaban J connectivity index is 5.05. The number of allylic oxidation sites excluding steroid dienone is 1. The summed E-state index contributed by atoms with van der Waals surface area (Å²) in [5.41, 5.74) is 2.47. The summed E-state index contributed by atoms with van der Waals surface area (Å²) in [5.74, 6) is 0. The summed E-state index contributed by atoms with van der Waals surface area (Å²) in [6.07, 6.45) is 0. The molecule has 0 saturated carbocycles. The lowest BCUT2D eigenvalue weighted by molar-refractivity contribution is 0.852. The molecule has 0 bridgehead atoms. The third-order valence-electron chi connectivity index (χ3n) is 3.06. The number of hydrogen-bond acceptors (Lipinski definition) is 1. The van der Waals surface area contributed by atoms with Crippen LogP contribution in [0.5, 0.6) is 0 Å². The summed E-state index contributed by atoms with van der Waals surface area (Å²) in [5, 5.41) is 0. The van der Waals surface area contributed by atoms with Crippen molar-refractivity contribution < 1.29 is 0 Å². The van der Waals surface area contributed by atoms with Crippen LogP contribution in [0, 0.1) is 0 Å². The van der Waals surface area contributed by atoms with Crippen molar-refractivity contribution in [1.29, 1.82) is 0 Å². The summed E-state index contributed by atoms with van der Waals surface area (Å²) in [4.78, 5) is 1.30. The standard InChI is InChI=1S/C12H26SSi/c1-9(2)13-14(10(3)4,11(5)6)12(7)8/h10-12H,1H2,2-8H3. The molecule has 0 aliphatic rings. The molecular formula is C12H26SSi. The van der Waals surface area contributed by atoms with Crippen molar-refractivity contribution in [1.82, 2.24) is 0 Å². The van der Waals surface area contributed by atoms with Crippen LogP contribution < -0.4 is 0 Å². The third-order valence-corrected chi connectivity index (χ3v) is 15.5. The van der Waals surface area contributed by atoms with Crippen LogP contribution in [0.1, 0.15) is 48.5 Å². The van der Waals surface area contributed by atoms with E-state index in [0.717, 1.165) is 16.6 Å². The van der Waals surface area contributed by atoms with Gasteiger partial charge >= 0.3 is 0 Å². The second kappa shape index (κ2) is 5.41. The molecule has 0 radical (unpaired) electrons. The molecule has 0 rings (SSSR count). The minimum Gasteiger partial charge on any atom is -0.155 e. The molecule has 0 amide bonds. The molecular weight excluding hydrogens is 204 g/mol. The van der Waals surface area contributed by atoms with E-state index in [1.807, 2.05) is 0 Å². The van der Waals surface area contributed by atoms with Gasteiger partial charge in [0.05, 0.1) is 0 Å². The van der Waals surface area contributed by atoms with Gasteiger partial charge in [-0.15, -0.1) is 0 Å². The fourth-order valence-electron chi connectivity index (χ4n) is 2.66. The molecule has 0 aromatic heterocycles. The van der Waals surface area contributed by atoms with Crippen LogP contribution in [0.25, 0.3) is 0 Å². The van der Waals surface area contributed by atoms with Gasteiger partial charge in [0.15, 0.2) is 0 Å². The zero-order valence-electron chi connectivity index (χ0n) is 10.8. The molecule has 0 N–H and O–H groups in total. The van der Waals surface area contributed by atoms with E-state index in [1.54, 1.807) is 0 Å². The monoisotopic (exact) mass is 230 g/mol. The van der Waals surface area contributed by atoms with Gasteiger partial charge in [-0.25, -0.2) is 0 Å². The van der Waals surface area contributed by atoms with E-state index < -0.39 is 7.22 Å². The zero-order chi connectivity index (χ0) is 11.5. The van der Waals surface area contributed by atoms with Crippen LogP contribution in [0.2, 0.25) is 16.6 Å². The van der Waals surface area contributed by atoms with Gasteiger partial charge in [-0.1, -0.05) is 48.1 Å². The molecule has 2 heteroatoms. The first-order valence-corrected chi connectivity index (χ1v) is 9.37. The van der Waals surface area contributed by atoms with E-state index in [-0.39, 0.29) is 0 Å². The highest BCUT2D eigenvalue weighted by Crippen LogP contribution is 2.51. The molecule has 0 aliphatic heterocycles. The van der Waals surface area contributed by atoms with Gasteiger partial charge in [0.25, 0.3) is 0 Å². The molecule has 0 nitrogen and oxygen atoms in total. The number of rotatable bonds is 5. The summed E-state index contributed by atoms with van der Waals surface area (Å²) >= 11 is 2.12. The van der Waals surface area contributed by atoms with Crippen molar-refractivity contribution in [2.75, 3.05) is 0 Å². The summed E-state index contributed by atoms with van der Waals surface area (Å²) in [7, 11) is -1.27. The van der Waals surface area contributed by atoms with Gasteiger partial charge in [-0.2, -0.15) is 11.2 Å². The fraction of sp³-hybridized carbons (Fsp3) is 0.833. The highest BCUT2D eigenvalue weighted by molar-refractivity contribution is 8.32. The first-order valence-electron chi connectivity index (χ1n) is 5.59. The Bertz CT molecular complexity index is 173. The highest BCUT2D eigenvalue weighted by atomic mass is 32.4. The Labute approximate surface area is 95.2 Å². The molecule has 14 heavy (non-hydrogen) atoms. The van der Waals surface area contributed by atoms with Gasteiger partial charge in [-0.3, -0.25) is 0 Å². The molecule has 0 spiro atoms. The predicted octanol–water partition coefficient (Wildman–Crippen LogP) is 5.43. The fourth-order valence-corrected chi connectivity index (χ4v) is 11.9. The van der Waals surface area contributed by atoms with E-state index in [2.05, 4.69) is 66.3 Å². The summed E-state index contributed by atoms with van der Waals surface area (Å²) < 4.78 is 0. The first-order chi connectivity index (χ1) is 6.25. The van der Waals surface area contributed by atoms with Crippen LogP contribution in [0.3, 0.4) is 0 Å². The van der Waals surface area contributed by atoms with Gasteiger partial charge in [0.1, 0.15) is 7.22 Å². The lowest BCUT2D eigenvalue weighted by Crippen LogP contribution is -2.40. The van der Waals surface area contributed by atoms with Gasteiger partial charge in [-0.05, 0) is 28.5 Å². The molecule has 84 valence electrons. The van der Waals surface area contributed by atoms with Crippen LogP contribution in [0.15, 0.2) is 11.5 Å². The van der Waals surface area contributed by atoms with E-state index in [4.69, 9.17) is 0 Å². The molecule has 0 aromatic carbocycles. The lowest BCUT2D eigenvalue weighted by atomic mass is 10.5. The average Bonchev–Trinajstić information content (AvgIpc) is 1.97. The van der Waals surface area contributed by atoms with Crippen LogP contribution in [0.4, 0.5) is 0 Å². The van der Waals surface area contributed by atoms with Crippen molar-refractivity contribution in [2.24, 2.45) is 0 Å². The third kappa shape index (κ3) is 2.90. The minimum absolute atomic E-state index is 0.823. The molecule has 0 aromatic rings. The van der Waals surface area contributed by atoms with Crippen molar-refractivity contribution >= 4 is 18.4 Å². The predicted molar refractivity (Wildman–Crippen MR) is 73.5 cm³/mol. The quantitative estimate of drug-likeness (QED) is 0.568. The average molecular weight is 230 g/mol. The van der Waals surface area contributed by atoms with Crippen molar-refractivity contribution in [3.05, 3.63) is 11.5 Å². The molecule has 0 atom stereocenters. The maximum absolute atomic E-state index is 4.08. The van der Waals surface area contributed by atoms with E-state index in [0.29, 0.717) is 0 Å². The molecule has 0 saturated heterocycles. The Hall–Kier alpha value is 0.307. The highest BCUT2D eigenvalue weighted by Gasteiger charge is 2.43. The largest absolute Gasteiger partial charge is 0.155 e. The van der Waals surface area contributed by atoms with Crippen LogP contribution in [-0.2, 0) is 0 Å². The summed E-state index contributed by atoms with van der Waals surface area (Å²) in [6.45, 7) is 20.6. The molecule has 0 unspecified atom stereocenters. The van der Waals surface area contributed by atoms with Crippen LogP contribution >= 0.6 is 11.2 Å². The van der Waals surface area contributed by atoms with E-state index in [1.165, 1.54) is 4.91 Å². The zero-order valence-corrected chi connectivity index (χ0v) is 12.7. The maximum Gasteiger partial charge on any atom is 0.130 e. The minimum atomic E-state index is -1.27. The van der Waals surface area contributed by atoms with Gasteiger partial charge in [0.2, 0.25) is 0 Å². The molecule has 0 aliphatic carbocycles. The maximum atomic E-state index is 4.08. The Morgan fingerprint density at radius 2 is 1.21 bits per heavy atom. The second-order valence-electron chi connectivity index (χ2n) is 5.12. The number of hydrogen-bond donors (Lipinski definition) is 0.